The lowest BCUT2D eigenvalue weighted by Crippen LogP contribution is -2.32. The molecular weight excluding hydrogens is 340 g/mol. The van der Waals surface area contributed by atoms with E-state index in [0.29, 0.717) is 16.0 Å². The normalized spacial score (nSPS) is 10.4. The van der Waals surface area contributed by atoms with Crippen molar-refractivity contribution in [3.05, 3.63) is 29.3 Å². The Hall–Kier alpha value is -2.06. The van der Waals surface area contributed by atoms with Crippen molar-refractivity contribution >= 4 is 35.4 Å². The molecule has 2 rings (SSSR count). The summed E-state index contributed by atoms with van der Waals surface area (Å²) in [7, 11) is 1.80. The van der Waals surface area contributed by atoms with Crippen LogP contribution in [-0.2, 0) is 16.6 Å². The van der Waals surface area contributed by atoms with E-state index in [0.717, 1.165) is 5.56 Å². The quantitative estimate of drug-likeness (QED) is 0.830. The first kappa shape index (κ1) is 17.3. The fraction of sp³-hybridized carbons (Fsp3) is 0.286. The number of carbonyl (C=O) groups is 2. The molecular formula is C14H15ClN4O3S. The highest BCUT2D eigenvalue weighted by atomic mass is 35.5. The SMILES string of the molecule is CCOC(=O)NC(=O)CSc1nnc(-c2ccc(Cl)cc2)n1C. The molecule has 2 amide bonds. The van der Waals surface area contributed by atoms with Gasteiger partial charge in [0.05, 0.1) is 12.4 Å². The van der Waals surface area contributed by atoms with Gasteiger partial charge in [-0.15, -0.1) is 10.2 Å². The first-order valence-corrected chi connectivity index (χ1v) is 8.12. The number of benzene rings is 1. The fourth-order valence-electron chi connectivity index (χ4n) is 1.74. The zero-order chi connectivity index (χ0) is 16.8. The van der Waals surface area contributed by atoms with Crippen molar-refractivity contribution in [1.29, 1.82) is 0 Å². The number of thioether (sulfide) groups is 1. The molecule has 2 aromatic rings. The molecule has 1 aromatic carbocycles. The molecule has 0 radical (unpaired) electrons. The van der Waals surface area contributed by atoms with Crippen LogP contribution in [0.3, 0.4) is 0 Å². The van der Waals surface area contributed by atoms with Gasteiger partial charge in [0.2, 0.25) is 5.91 Å². The van der Waals surface area contributed by atoms with Gasteiger partial charge in [-0.05, 0) is 31.2 Å². The molecule has 0 saturated heterocycles. The predicted octanol–water partition coefficient (Wildman–Crippen LogP) is 2.50. The zero-order valence-electron chi connectivity index (χ0n) is 12.6. The monoisotopic (exact) mass is 354 g/mol. The van der Waals surface area contributed by atoms with Crippen LogP contribution in [0.15, 0.2) is 29.4 Å². The maximum absolute atomic E-state index is 11.6. The number of halogens is 1. The summed E-state index contributed by atoms with van der Waals surface area (Å²) in [5, 5.41) is 11.5. The van der Waals surface area contributed by atoms with Gasteiger partial charge in [-0.25, -0.2) is 4.79 Å². The minimum Gasteiger partial charge on any atom is -0.450 e. The van der Waals surface area contributed by atoms with Gasteiger partial charge in [-0.1, -0.05) is 23.4 Å². The zero-order valence-corrected chi connectivity index (χ0v) is 14.1. The summed E-state index contributed by atoms with van der Waals surface area (Å²) in [6.45, 7) is 1.87. The van der Waals surface area contributed by atoms with Gasteiger partial charge >= 0.3 is 6.09 Å². The highest BCUT2D eigenvalue weighted by Gasteiger charge is 2.14. The second kappa shape index (κ2) is 7.98. The average molecular weight is 355 g/mol. The molecule has 0 aliphatic rings. The van der Waals surface area contributed by atoms with Crippen LogP contribution in [0.5, 0.6) is 0 Å². The Morgan fingerprint density at radius 3 is 2.65 bits per heavy atom. The van der Waals surface area contributed by atoms with Crippen molar-refractivity contribution < 1.29 is 14.3 Å². The van der Waals surface area contributed by atoms with Crippen molar-refractivity contribution in [1.82, 2.24) is 20.1 Å². The summed E-state index contributed by atoms with van der Waals surface area (Å²) >= 11 is 7.04. The third-order valence-electron chi connectivity index (χ3n) is 2.79. The third-order valence-corrected chi connectivity index (χ3v) is 4.06. The van der Waals surface area contributed by atoms with Crippen molar-refractivity contribution in [2.45, 2.75) is 12.1 Å². The molecule has 1 aromatic heterocycles. The number of imide groups is 1. The molecule has 0 unspecified atom stereocenters. The number of ether oxygens (including phenoxy) is 1. The minimum absolute atomic E-state index is 0.0331. The minimum atomic E-state index is -0.752. The van der Waals surface area contributed by atoms with Gasteiger partial charge < -0.3 is 9.30 Å². The molecule has 122 valence electrons. The van der Waals surface area contributed by atoms with Crippen molar-refractivity contribution in [2.75, 3.05) is 12.4 Å². The molecule has 9 heteroatoms. The van der Waals surface area contributed by atoms with Crippen LogP contribution in [0.1, 0.15) is 6.92 Å². The summed E-state index contributed by atoms with van der Waals surface area (Å²) in [5.41, 5.74) is 0.868. The maximum Gasteiger partial charge on any atom is 0.413 e. The van der Waals surface area contributed by atoms with Gasteiger partial charge in [0, 0.05) is 17.6 Å². The van der Waals surface area contributed by atoms with E-state index in [9.17, 15) is 9.59 Å². The van der Waals surface area contributed by atoms with Crippen molar-refractivity contribution in [3.8, 4) is 11.4 Å². The van der Waals surface area contributed by atoms with Crippen LogP contribution >= 0.6 is 23.4 Å². The van der Waals surface area contributed by atoms with Crippen LogP contribution in [0.25, 0.3) is 11.4 Å². The predicted molar refractivity (Wildman–Crippen MR) is 87.3 cm³/mol. The van der Waals surface area contributed by atoms with Gasteiger partial charge in [0.25, 0.3) is 0 Å². The third kappa shape index (κ3) is 4.70. The molecule has 1 N–H and O–H groups in total. The Kier molecular flexibility index (Phi) is 6.00. The number of nitrogens with zero attached hydrogens (tertiary/aromatic N) is 3. The number of hydrogen-bond donors (Lipinski definition) is 1. The molecule has 0 aliphatic carbocycles. The topological polar surface area (TPSA) is 86.1 Å². The summed E-state index contributed by atoms with van der Waals surface area (Å²) < 4.78 is 6.41. The highest BCUT2D eigenvalue weighted by Crippen LogP contribution is 2.23. The van der Waals surface area contributed by atoms with Crippen LogP contribution in [0.2, 0.25) is 5.02 Å². The van der Waals surface area contributed by atoms with E-state index in [1.165, 1.54) is 11.8 Å². The summed E-state index contributed by atoms with van der Waals surface area (Å²) in [6.07, 6.45) is -0.752. The van der Waals surface area contributed by atoms with Gasteiger partial charge in [0.15, 0.2) is 11.0 Å². The van der Waals surface area contributed by atoms with E-state index in [2.05, 4.69) is 20.3 Å². The van der Waals surface area contributed by atoms with Crippen LogP contribution < -0.4 is 5.32 Å². The van der Waals surface area contributed by atoms with Crippen LogP contribution in [0, 0.1) is 0 Å². The molecule has 0 saturated carbocycles. The highest BCUT2D eigenvalue weighted by molar-refractivity contribution is 7.99. The second-order valence-corrected chi connectivity index (χ2v) is 5.81. The van der Waals surface area contributed by atoms with Gasteiger partial charge in [-0.3, -0.25) is 10.1 Å². The molecule has 0 bridgehead atoms. The Balaban J connectivity index is 1.98. The van der Waals surface area contributed by atoms with Gasteiger partial charge in [-0.2, -0.15) is 0 Å². The number of alkyl carbamates (subject to hydrolysis) is 1. The average Bonchev–Trinajstić information content (AvgIpc) is 2.87. The summed E-state index contributed by atoms with van der Waals surface area (Å²) in [5.74, 6) is 0.241. The number of rotatable bonds is 5. The van der Waals surface area contributed by atoms with Gasteiger partial charge in [0.1, 0.15) is 0 Å². The Labute approximate surface area is 142 Å². The molecule has 1 heterocycles. The van der Waals surface area contributed by atoms with Crippen LogP contribution in [0.4, 0.5) is 4.79 Å². The Bertz CT molecular complexity index is 703. The number of amides is 2. The van der Waals surface area contributed by atoms with Crippen LogP contribution in [-0.4, -0.2) is 39.1 Å². The second-order valence-electron chi connectivity index (χ2n) is 4.43. The number of aromatic nitrogens is 3. The van der Waals surface area contributed by atoms with E-state index in [1.54, 1.807) is 30.7 Å². The number of hydrogen-bond acceptors (Lipinski definition) is 6. The number of carbonyl (C=O) groups excluding carboxylic acids is 2. The molecule has 0 atom stereocenters. The first-order valence-electron chi connectivity index (χ1n) is 6.76. The van der Waals surface area contributed by atoms with Crippen molar-refractivity contribution in [3.63, 3.8) is 0 Å². The lowest BCUT2D eigenvalue weighted by Gasteiger charge is -2.05. The summed E-state index contributed by atoms with van der Waals surface area (Å²) in [4.78, 5) is 22.8. The maximum atomic E-state index is 11.6. The molecule has 23 heavy (non-hydrogen) atoms. The lowest BCUT2D eigenvalue weighted by atomic mass is 10.2. The number of nitrogens with one attached hydrogen (secondary N) is 1. The molecule has 0 fully saturated rings. The first-order chi connectivity index (χ1) is 11.0. The Morgan fingerprint density at radius 2 is 2.00 bits per heavy atom. The Morgan fingerprint density at radius 1 is 1.30 bits per heavy atom. The van der Waals surface area contributed by atoms with E-state index in [1.807, 2.05) is 12.1 Å². The summed E-state index contributed by atoms with van der Waals surface area (Å²) in [6, 6.07) is 7.22. The van der Waals surface area contributed by atoms with E-state index in [-0.39, 0.29) is 12.4 Å². The van der Waals surface area contributed by atoms with E-state index in [4.69, 9.17) is 11.6 Å². The van der Waals surface area contributed by atoms with E-state index < -0.39 is 12.0 Å². The molecule has 7 nitrogen and oxygen atoms in total. The largest absolute Gasteiger partial charge is 0.450 e. The van der Waals surface area contributed by atoms with E-state index >= 15 is 0 Å². The lowest BCUT2D eigenvalue weighted by molar-refractivity contribution is -0.117. The molecule has 0 aliphatic heterocycles. The fourth-order valence-corrected chi connectivity index (χ4v) is 2.58. The molecule has 0 spiro atoms. The standard InChI is InChI=1S/C14H15ClN4O3S/c1-3-22-14(21)16-11(20)8-23-13-18-17-12(19(13)2)9-4-6-10(15)7-5-9/h4-7H,3,8H2,1-2H3,(H,16,20,21). The van der Waals surface area contributed by atoms with Crippen molar-refractivity contribution in [2.24, 2.45) is 7.05 Å². The smallest absolute Gasteiger partial charge is 0.413 e.